The second-order valence-corrected chi connectivity index (χ2v) is 7.12. The van der Waals surface area contributed by atoms with Crippen LogP contribution in [0.1, 0.15) is 39.2 Å². The van der Waals surface area contributed by atoms with Gasteiger partial charge in [-0.2, -0.15) is 0 Å². The van der Waals surface area contributed by atoms with E-state index in [1.54, 1.807) is 6.07 Å². The van der Waals surface area contributed by atoms with Crippen LogP contribution in [-0.2, 0) is 6.54 Å². The number of benzene rings is 1. The first-order valence-corrected chi connectivity index (χ1v) is 8.72. The third-order valence-electron chi connectivity index (χ3n) is 4.72. The van der Waals surface area contributed by atoms with E-state index in [1.807, 2.05) is 12.1 Å². The SMILES string of the molecule is CCC(C)C1CN(Cc2ccc(F)c(Br)c2)C(C)CCN1. The van der Waals surface area contributed by atoms with Crippen molar-refractivity contribution in [1.29, 1.82) is 0 Å². The predicted molar refractivity (Wildman–Crippen MR) is 89.8 cm³/mol. The summed E-state index contributed by atoms with van der Waals surface area (Å²) in [4.78, 5) is 2.52. The fraction of sp³-hybridized carbons (Fsp3) is 0.647. The van der Waals surface area contributed by atoms with Gasteiger partial charge in [-0.1, -0.05) is 26.3 Å². The number of nitrogens with one attached hydrogen (secondary N) is 1. The molecule has 1 heterocycles. The summed E-state index contributed by atoms with van der Waals surface area (Å²) in [6.07, 6.45) is 2.36. The summed E-state index contributed by atoms with van der Waals surface area (Å²) < 4.78 is 13.9. The number of rotatable bonds is 4. The quantitative estimate of drug-likeness (QED) is 0.869. The molecular formula is C17H26BrFN2. The highest BCUT2D eigenvalue weighted by atomic mass is 79.9. The minimum atomic E-state index is -0.193. The van der Waals surface area contributed by atoms with Crippen LogP contribution < -0.4 is 5.32 Å². The van der Waals surface area contributed by atoms with Crippen molar-refractivity contribution < 1.29 is 4.39 Å². The van der Waals surface area contributed by atoms with E-state index in [0.717, 1.165) is 26.1 Å². The van der Waals surface area contributed by atoms with Crippen molar-refractivity contribution >= 4 is 15.9 Å². The summed E-state index contributed by atoms with van der Waals surface area (Å²) in [6, 6.07) is 6.44. The zero-order chi connectivity index (χ0) is 15.4. The average Bonchev–Trinajstić information content (AvgIpc) is 2.65. The van der Waals surface area contributed by atoms with Gasteiger partial charge in [-0.05, 0) is 59.4 Å². The standard InChI is InChI=1S/C17H26BrFN2/c1-4-12(2)17-11-21(13(3)7-8-20-17)10-14-5-6-16(19)15(18)9-14/h5-6,9,12-13,17,20H,4,7-8,10-11H2,1-3H3. The Balaban J connectivity index is 2.09. The van der Waals surface area contributed by atoms with Gasteiger partial charge in [0.05, 0.1) is 4.47 Å². The molecule has 1 N–H and O–H groups in total. The smallest absolute Gasteiger partial charge is 0.137 e. The molecule has 1 aliphatic rings. The number of nitrogens with zero attached hydrogens (tertiary/aromatic N) is 1. The van der Waals surface area contributed by atoms with Gasteiger partial charge < -0.3 is 5.32 Å². The maximum atomic E-state index is 13.4. The van der Waals surface area contributed by atoms with Crippen LogP contribution in [0.3, 0.4) is 0 Å². The molecule has 1 aliphatic heterocycles. The van der Waals surface area contributed by atoms with Crippen molar-refractivity contribution in [3.05, 3.63) is 34.1 Å². The molecule has 3 atom stereocenters. The Morgan fingerprint density at radius 1 is 1.48 bits per heavy atom. The highest BCUT2D eigenvalue weighted by molar-refractivity contribution is 9.10. The first-order chi connectivity index (χ1) is 10.0. The highest BCUT2D eigenvalue weighted by Gasteiger charge is 2.25. The van der Waals surface area contributed by atoms with E-state index in [9.17, 15) is 4.39 Å². The van der Waals surface area contributed by atoms with Crippen molar-refractivity contribution in [1.82, 2.24) is 10.2 Å². The van der Waals surface area contributed by atoms with Gasteiger partial charge in [-0.3, -0.25) is 4.90 Å². The van der Waals surface area contributed by atoms with Gasteiger partial charge in [0.1, 0.15) is 5.82 Å². The molecule has 3 unspecified atom stereocenters. The predicted octanol–water partition coefficient (Wildman–Crippen LogP) is 4.19. The molecule has 118 valence electrons. The van der Waals surface area contributed by atoms with E-state index in [0.29, 0.717) is 22.5 Å². The van der Waals surface area contributed by atoms with Crippen LogP contribution in [0.5, 0.6) is 0 Å². The Labute approximate surface area is 136 Å². The average molecular weight is 357 g/mol. The molecule has 2 rings (SSSR count). The second kappa shape index (κ2) is 7.70. The molecule has 0 aromatic heterocycles. The summed E-state index contributed by atoms with van der Waals surface area (Å²) in [6.45, 7) is 9.89. The molecule has 21 heavy (non-hydrogen) atoms. The molecule has 1 aromatic rings. The fourth-order valence-corrected chi connectivity index (χ4v) is 3.34. The first-order valence-electron chi connectivity index (χ1n) is 7.92. The van der Waals surface area contributed by atoms with E-state index < -0.39 is 0 Å². The summed E-state index contributed by atoms with van der Waals surface area (Å²) >= 11 is 3.28. The maximum absolute atomic E-state index is 13.4. The Morgan fingerprint density at radius 3 is 2.90 bits per heavy atom. The van der Waals surface area contributed by atoms with Gasteiger partial charge in [0.2, 0.25) is 0 Å². The van der Waals surface area contributed by atoms with Crippen LogP contribution in [0.2, 0.25) is 0 Å². The minimum absolute atomic E-state index is 0.193. The van der Waals surface area contributed by atoms with Crippen LogP contribution >= 0.6 is 15.9 Å². The van der Waals surface area contributed by atoms with Crippen LogP contribution in [0.15, 0.2) is 22.7 Å². The van der Waals surface area contributed by atoms with Crippen LogP contribution in [0, 0.1) is 11.7 Å². The van der Waals surface area contributed by atoms with E-state index in [2.05, 4.69) is 46.9 Å². The molecule has 0 spiro atoms. The van der Waals surface area contributed by atoms with Crippen LogP contribution in [0.4, 0.5) is 4.39 Å². The van der Waals surface area contributed by atoms with Crippen LogP contribution in [-0.4, -0.2) is 30.1 Å². The highest BCUT2D eigenvalue weighted by Crippen LogP contribution is 2.21. The largest absolute Gasteiger partial charge is 0.312 e. The second-order valence-electron chi connectivity index (χ2n) is 6.26. The van der Waals surface area contributed by atoms with Crippen molar-refractivity contribution in [3.63, 3.8) is 0 Å². The van der Waals surface area contributed by atoms with Gasteiger partial charge in [0.15, 0.2) is 0 Å². The third kappa shape index (κ3) is 4.51. The number of halogens is 2. The molecule has 0 aliphatic carbocycles. The van der Waals surface area contributed by atoms with Gasteiger partial charge in [0, 0.05) is 25.2 Å². The monoisotopic (exact) mass is 356 g/mol. The van der Waals surface area contributed by atoms with Gasteiger partial charge >= 0.3 is 0 Å². The minimum Gasteiger partial charge on any atom is -0.312 e. The summed E-state index contributed by atoms with van der Waals surface area (Å²) in [7, 11) is 0. The molecule has 4 heteroatoms. The summed E-state index contributed by atoms with van der Waals surface area (Å²) in [5.74, 6) is 0.486. The zero-order valence-corrected chi connectivity index (χ0v) is 14.8. The van der Waals surface area contributed by atoms with Gasteiger partial charge in [-0.25, -0.2) is 4.39 Å². The molecule has 1 aromatic carbocycles. The summed E-state index contributed by atoms with van der Waals surface area (Å²) in [5, 5.41) is 3.69. The Morgan fingerprint density at radius 2 is 2.24 bits per heavy atom. The lowest BCUT2D eigenvalue weighted by molar-refractivity contribution is 0.180. The number of hydrogen-bond donors (Lipinski definition) is 1. The van der Waals surface area contributed by atoms with Gasteiger partial charge in [-0.15, -0.1) is 0 Å². The normalized spacial score (nSPS) is 25.6. The first kappa shape index (κ1) is 16.9. The van der Waals surface area contributed by atoms with E-state index in [1.165, 1.54) is 12.0 Å². The van der Waals surface area contributed by atoms with Crippen molar-refractivity contribution in [3.8, 4) is 0 Å². The van der Waals surface area contributed by atoms with E-state index in [-0.39, 0.29) is 5.82 Å². The molecule has 0 bridgehead atoms. The maximum Gasteiger partial charge on any atom is 0.137 e. The lowest BCUT2D eigenvalue weighted by Gasteiger charge is -2.31. The Kier molecular flexibility index (Phi) is 6.20. The molecule has 2 nitrogen and oxygen atoms in total. The van der Waals surface area contributed by atoms with Crippen molar-refractivity contribution in [2.45, 2.75) is 52.2 Å². The molecule has 0 radical (unpaired) electrons. The fourth-order valence-electron chi connectivity index (χ4n) is 2.92. The molecular weight excluding hydrogens is 331 g/mol. The molecule has 1 fully saturated rings. The Bertz CT molecular complexity index is 466. The third-order valence-corrected chi connectivity index (χ3v) is 5.33. The Hall–Kier alpha value is -0.450. The van der Waals surface area contributed by atoms with E-state index >= 15 is 0 Å². The summed E-state index contributed by atoms with van der Waals surface area (Å²) in [5.41, 5.74) is 1.17. The van der Waals surface area contributed by atoms with Gasteiger partial charge in [0.25, 0.3) is 0 Å². The molecule has 0 amide bonds. The number of hydrogen-bond acceptors (Lipinski definition) is 2. The lowest BCUT2D eigenvalue weighted by atomic mass is 9.98. The van der Waals surface area contributed by atoms with Crippen molar-refractivity contribution in [2.75, 3.05) is 13.1 Å². The van der Waals surface area contributed by atoms with Crippen LogP contribution in [0.25, 0.3) is 0 Å². The molecule has 0 saturated carbocycles. The van der Waals surface area contributed by atoms with E-state index in [4.69, 9.17) is 0 Å². The molecule has 1 saturated heterocycles. The lowest BCUT2D eigenvalue weighted by Crippen LogP contribution is -2.43. The van der Waals surface area contributed by atoms with Crippen molar-refractivity contribution in [2.24, 2.45) is 5.92 Å². The zero-order valence-electron chi connectivity index (χ0n) is 13.2. The topological polar surface area (TPSA) is 15.3 Å².